The molecule has 0 saturated carbocycles. The van der Waals surface area contributed by atoms with E-state index in [-0.39, 0.29) is 12.4 Å². The topological polar surface area (TPSA) is 108 Å². The number of carbonyl (C=O) groups excluding carboxylic acids is 4. The summed E-state index contributed by atoms with van der Waals surface area (Å²) in [6.45, 7) is 5.55. The summed E-state index contributed by atoms with van der Waals surface area (Å²) in [7, 11) is 0. The minimum absolute atomic E-state index is 0.0899. The SMILES string of the molecule is CCOC(=O)[C@H](CSC(=O)OCOC(C)=O)NC(=O)C(C)(C)S. The predicted molar refractivity (Wildman–Crippen MR) is 87.2 cm³/mol. The van der Waals surface area contributed by atoms with Gasteiger partial charge >= 0.3 is 17.2 Å². The van der Waals surface area contributed by atoms with Crippen molar-refractivity contribution in [3.05, 3.63) is 0 Å². The molecule has 0 aliphatic rings. The molecule has 0 aliphatic heterocycles. The number of thiol groups is 1. The lowest BCUT2D eigenvalue weighted by molar-refractivity contribution is -0.148. The molecular formula is C13H21NO7S2. The van der Waals surface area contributed by atoms with E-state index in [9.17, 15) is 19.2 Å². The number of nitrogens with one attached hydrogen (secondary N) is 1. The van der Waals surface area contributed by atoms with Gasteiger partial charge in [-0.25, -0.2) is 9.59 Å². The smallest absolute Gasteiger partial charge is 0.370 e. The Balaban J connectivity index is 4.53. The van der Waals surface area contributed by atoms with Gasteiger partial charge in [-0.3, -0.25) is 9.59 Å². The van der Waals surface area contributed by atoms with Crippen molar-refractivity contribution in [2.45, 2.75) is 38.5 Å². The quantitative estimate of drug-likeness (QED) is 0.373. The molecule has 0 aliphatic carbocycles. The van der Waals surface area contributed by atoms with E-state index in [0.29, 0.717) is 11.8 Å². The molecule has 0 unspecified atom stereocenters. The molecule has 0 saturated heterocycles. The summed E-state index contributed by atoms with van der Waals surface area (Å²) in [5.74, 6) is -1.82. The van der Waals surface area contributed by atoms with Crippen LogP contribution < -0.4 is 5.32 Å². The zero-order valence-corrected chi connectivity index (χ0v) is 15.1. The Morgan fingerprint density at radius 1 is 1.17 bits per heavy atom. The maximum atomic E-state index is 11.9. The van der Waals surface area contributed by atoms with Gasteiger partial charge in [-0.15, -0.1) is 0 Å². The van der Waals surface area contributed by atoms with Crippen LogP contribution in [-0.2, 0) is 28.6 Å². The zero-order valence-electron chi connectivity index (χ0n) is 13.4. The van der Waals surface area contributed by atoms with Crippen LogP contribution in [-0.4, -0.2) is 53.1 Å². The van der Waals surface area contributed by atoms with Crippen LogP contribution in [0.3, 0.4) is 0 Å². The minimum atomic E-state index is -1.03. The fourth-order valence-electron chi connectivity index (χ4n) is 1.10. The molecule has 1 N–H and O–H groups in total. The van der Waals surface area contributed by atoms with E-state index in [1.807, 2.05) is 0 Å². The van der Waals surface area contributed by atoms with Gasteiger partial charge in [0.25, 0.3) is 0 Å². The minimum Gasteiger partial charge on any atom is -0.464 e. The van der Waals surface area contributed by atoms with Crippen LogP contribution in [0.25, 0.3) is 0 Å². The van der Waals surface area contributed by atoms with Crippen molar-refractivity contribution in [3.8, 4) is 0 Å². The Morgan fingerprint density at radius 3 is 2.26 bits per heavy atom. The van der Waals surface area contributed by atoms with Gasteiger partial charge in [-0.2, -0.15) is 12.6 Å². The molecule has 0 aromatic carbocycles. The number of hydrogen-bond donors (Lipinski definition) is 2. The second kappa shape index (κ2) is 10.4. The van der Waals surface area contributed by atoms with Crippen LogP contribution in [0.5, 0.6) is 0 Å². The fourth-order valence-corrected chi connectivity index (χ4v) is 1.82. The average Bonchev–Trinajstić information content (AvgIpc) is 2.41. The van der Waals surface area contributed by atoms with E-state index in [1.54, 1.807) is 20.8 Å². The highest BCUT2D eigenvalue weighted by molar-refractivity contribution is 8.13. The third-order valence-electron chi connectivity index (χ3n) is 2.24. The van der Waals surface area contributed by atoms with Gasteiger partial charge in [0.05, 0.1) is 11.4 Å². The molecule has 0 bridgehead atoms. The number of hydrogen-bond acceptors (Lipinski definition) is 9. The third kappa shape index (κ3) is 10.1. The summed E-state index contributed by atoms with van der Waals surface area (Å²) in [5, 5.41) is 1.72. The van der Waals surface area contributed by atoms with E-state index in [2.05, 4.69) is 27.4 Å². The fraction of sp³-hybridized carbons (Fsp3) is 0.692. The molecule has 0 heterocycles. The first kappa shape index (κ1) is 21.6. The van der Waals surface area contributed by atoms with Crippen molar-refractivity contribution in [3.63, 3.8) is 0 Å². The first-order chi connectivity index (χ1) is 10.6. The van der Waals surface area contributed by atoms with E-state index in [4.69, 9.17) is 4.74 Å². The molecule has 0 aromatic heterocycles. The summed E-state index contributed by atoms with van der Waals surface area (Å²) in [6, 6.07) is -1.03. The molecule has 8 nitrogen and oxygen atoms in total. The molecule has 23 heavy (non-hydrogen) atoms. The lowest BCUT2D eigenvalue weighted by Gasteiger charge is -2.22. The first-order valence-electron chi connectivity index (χ1n) is 6.70. The number of thioether (sulfide) groups is 1. The second-order valence-corrected chi connectivity index (χ2v) is 6.87. The molecule has 1 atom stereocenters. The van der Waals surface area contributed by atoms with Gasteiger partial charge in [-0.1, -0.05) is 0 Å². The van der Waals surface area contributed by atoms with Crippen molar-refractivity contribution in [2.75, 3.05) is 19.2 Å². The molecule has 0 aromatic rings. The number of carbonyl (C=O) groups is 4. The normalized spacial score (nSPS) is 12.0. The van der Waals surface area contributed by atoms with Crippen LogP contribution in [0.4, 0.5) is 4.79 Å². The Labute approximate surface area is 144 Å². The van der Waals surface area contributed by atoms with Crippen molar-refractivity contribution in [1.82, 2.24) is 5.32 Å². The second-order valence-electron chi connectivity index (χ2n) is 4.80. The van der Waals surface area contributed by atoms with Crippen LogP contribution in [0.15, 0.2) is 0 Å². The van der Waals surface area contributed by atoms with E-state index in [0.717, 1.165) is 0 Å². The summed E-state index contributed by atoms with van der Waals surface area (Å²) < 4.78 is 12.9. The van der Waals surface area contributed by atoms with Gasteiger partial charge in [0, 0.05) is 12.7 Å². The highest BCUT2D eigenvalue weighted by Crippen LogP contribution is 2.14. The largest absolute Gasteiger partial charge is 0.464 e. The number of ether oxygens (including phenoxy) is 3. The van der Waals surface area contributed by atoms with E-state index >= 15 is 0 Å². The van der Waals surface area contributed by atoms with Crippen molar-refractivity contribution < 1.29 is 33.4 Å². The monoisotopic (exact) mass is 367 g/mol. The van der Waals surface area contributed by atoms with Crippen LogP contribution in [0.2, 0.25) is 0 Å². The molecule has 0 radical (unpaired) electrons. The summed E-state index contributed by atoms with van der Waals surface area (Å²) in [6.07, 6.45) is 0. The molecule has 1 amide bonds. The maximum absolute atomic E-state index is 11.9. The van der Waals surface area contributed by atoms with Crippen LogP contribution in [0, 0.1) is 0 Å². The standard InChI is InChI=1S/C13H21NO7S2/c1-5-19-10(16)9(14-11(17)13(3,4)22)6-23-12(18)21-7-20-8(2)15/h9,22H,5-7H2,1-4H3,(H,14,17)/t9-/m0/s1. The Hall–Kier alpha value is -1.42. The van der Waals surface area contributed by atoms with Crippen LogP contribution in [0.1, 0.15) is 27.7 Å². The molecule has 10 heteroatoms. The number of rotatable bonds is 8. The maximum Gasteiger partial charge on any atom is 0.370 e. The van der Waals surface area contributed by atoms with Crippen molar-refractivity contribution in [1.29, 1.82) is 0 Å². The van der Waals surface area contributed by atoms with Crippen LogP contribution >= 0.6 is 24.4 Å². The van der Waals surface area contributed by atoms with Gasteiger partial charge < -0.3 is 19.5 Å². The highest BCUT2D eigenvalue weighted by Gasteiger charge is 2.29. The molecule has 0 spiro atoms. The first-order valence-corrected chi connectivity index (χ1v) is 8.14. The summed E-state index contributed by atoms with van der Waals surface area (Å²) in [4.78, 5) is 45.7. The van der Waals surface area contributed by atoms with Gasteiger partial charge in [0.15, 0.2) is 0 Å². The molecule has 0 fully saturated rings. The van der Waals surface area contributed by atoms with Crippen molar-refractivity contribution >= 4 is 47.5 Å². The summed E-state index contributed by atoms with van der Waals surface area (Å²) >= 11 is 4.76. The molecule has 132 valence electrons. The number of amides is 1. The number of esters is 2. The van der Waals surface area contributed by atoms with E-state index < -0.39 is 40.7 Å². The lowest BCUT2D eigenvalue weighted by Crippen LogP contribution is -2.49. The highest BCUT2D eigenvalue weighted by atomic mass is 32.2. The molecule has 0 rings (SSSR count). The third-order valence-corrected chi connectivity index (χ3v) is 3.30. The lowest BCUT2D eigenvalue weighted by atomic mass is 10.2. The van der Waals surface area contributed by atoms with E-state index in [1.165, 1.54) is 6.92 Å². The Morgan fingerprint density at radius 2 is 1.78 bits per heavy atom. The predicted octanol–water partition coefficient (Wildman–Crippen LogP) is 1.13. The van der Waals surface area contributed by atoms with Crippen molar-refractivity contribution in [2.24, 2.45) is 0 Å². The Bertz CT molecular complexity index is 448. The van der Waals surface area contributed by atoms with Gasteiger partial charge in [0.2, 0.25) is 12.7 Å². The summed E-state index contributed by atoms with van der Waals surface area (Å²) in [5.41, 5.74) is 0. The zero-order chi connectivity index (χ0) is 18.0. The average molecular weight is 367 g/mol. The van der Waals surface area contributed by atoms with Gasteiger partial charge in [0.1, 0.15) is 6.04 Å². The van der Waals surface area contributed by atoms with Gasteiger partial charge in [-0.05, 0) is 32.5 Å². The molecular weight excluding hydrogens is 346 g/mol. The Kier molecular flexibility index (Phi) is 9.73.